The minimum atomic E-state index is -5.05. The molecule has 2 heterocycles. The van der Waals surface area contributed by atoms with Crippen molar-refractivity contribution < 1.29 is 41.5 Å². The molecule has 2 atom stereocenters. The van der Waals surface area contributed by atoms with Gasteiger partial charge in [-0.3, -0.25) is 9.87 Å². The van der Waals surface area contributed by atoms with Gasteiger partial charge in [0.25, 0.3) is 0 Å². The Labute approximate surface area is 175 Å². The number of anilines is 1. The summed E-state index contributed by atoms with van der Waals surface area (Å²) in [6.07, 6.45) is -0.813. The lowest BCUT2D eigenvalue weighted by Gasteiger charge is -2.30. The second-order valence-corrected chi connectivity index (χ2v) is 7.70. The van der Waals surface area contributed by atoms with Crippen LogP contribution in [0.3, 0.4) is 0 Å². The zero-order chi connectivity index (χ0) is 22.3. The summed E-state index contributed by atoms with van der Waals surface area (Å²) in [6.45, 7) is -0.210. The molecule has 0 saturated carbocycles. The van der Waals surface area contributed by atoms with Crippen molar-refractivity contribution in [3.8, 4) is 5.75 Å². The van der Waals surface area contributed by atoms with Gasteiger partial charge < -0.3 is 14.7 Å². The number of hydrogen-bond donors (Lipinski definition) is 3. The Kier molecular flexibility index (Phi) is 5.00. The number of para-hydroxylation sites is 1. The maximum absolute atomic E-state index is 12.5. The van der Waals surface area contributed by atoms with Gasteiger partial charge in [0.2, 0.25) is 0 Å². The number of rotatable bonds is 5. The lowest BCUT2D eigenvalue weighted by atomic mass is 9.91. The van der Waals surface area contributed by atoms with Crippen molar-refractivity contribution in [3.05, 3.63) is 59.7 Å². The number of urea groups is 1. The molecule has 4 rings (SSSR count). The Bertz CT molecular complexity index is 1170. The molecule has 0 unspecified atom stereocenters. The SMILES string of the molecule is O=C(Nc1ccccc1)Oc1ccc2c(c1)[C@@H]1CN(C(=O)N1OS(=O)(=O)O)[C@H]2C(=O)O. The van der Waals surface area contributed by atoms with Crippen LogP contribution in [0.4, 0.5) is 15.3 Å². The molecule has 2 aliphatic heterocycles. The fourth-order valence-electron chi connectivity index (χ4n) is 3.58. The number of benzene rings is 2. The van der Waals surface area contributed by atoms with E-state index in [1.165, 1.54) is 18.2 Å². The Morgan fingerprint density at radius 1 is 1.10 bits per heavy atom. The minimum Gasteiger partial charge on any atom is -0.479 e. The van der Waals surface area contributed by atoms with Crippen LogP contribution >= 0.6 is 0 Å². The third kappa shape index (κ3) is 4.01. The van der Waals surface area contributed by atoms with E-state index in [9.17, 15) is 27.9 Å². The minimum absolute atomic E-state index is 0.0240. The van der Waals surface area contributed by atoms with E-state index < -0.39 is 40.6 Å². The van der Waals surface area contributed by atoms with Gasteiger partial charge in [0.15, 0.2) is 6.04 Å². The van der Waals surface area contributed by atoms with Crippen molar-refractivity contribution in [2.75, 3.05) is 11.9 Å². The predicted molar refractivity (Wildman–Crippen MR) is 102 cm³/mol. The number of carbonyl (C=O) groups is 3. The average Bonchev–Trinajstić information content (AvgIpc) is 2.94. The number of aliphatic carboxylic acids is 1. The summed E-state index contributed by atoms with van der Waals surface area (Å²) in [6, 6.07) is 9.01. The molecule has 1 saturated heterocycles. The summed E-state index contributed by atoms with van der Waals surface area (Å²) < 4.78 is 40.9. The molecule has 0 aliphatic carbocycles. The fraction of sp³-hybridized carbons (Fsp3) is 0.167. The van der Waals surface area contributed by atoms with E-state index in [1.54, 1.807) is 30.3 Å². The highest BCUT2D eigenvalue weighted by molar-refractivity contribution is 7.80. The first-order chi connectivity index (χ1) is 14.6. The standard InChI is InChI=1S/C18H15N3O9S/c22-16(23)15-12-7-6-11(29-17(24)19-10-4-2-1-3-5-10)8-13(12)14-9-20(15)18(25)21(14)30-31(26,27)28/h1-8,14-15H,9H2,(H,19,24)(H,22,23)(H,26,27,28)/t14-,15+/m0/s1. The van der Waals surface area contributed by atoms with Crippen LogP contribution in [0.1, 0.15) is 23.2 Å². The second kappa shape index (κ2) is 7.54. The second-order valence-electron chi connectivity index (χ2n) is 6.69. The maximum atomic E-state index is 12.5. The Hall–Kier alpha value is -3.68. The highest BCUT2D eigenvalue weighted by atomic mass is 32.3. The molecule has 2 aromatic carbocycles. The molecule has 31 heavy (non-hydrogen) atoms. The van der Waals surface area contributed by atoms with Gasteiger partial charge in [-0.1, -0.05) is 24.3 Å². The Morgan fingerprint density at radius 2 is 1.81 bits per heavy atom. The fourth-order valence-corrected chi connectivity index (χ4v) is 3.95. The van der Waals surface area contributed by atoms with E-state index in [-0.39, 0.29) is 23.4 Å². The first-order valence-corrected chi connectivity index (χ1v) is 10.2. The summed E-state index contributed by atoms with van der Waals surface area (Å²) in [5.41, 5.74) is 0.874. The van der Waals surface area contributed by atoms with Gasteiger partial charge in [-0.05, 0) is 35.4 Å². The largest absolute Gasteiger partial charge is 0.479 e. The van der Waals surface area contributed by atoms with Gasteiger partial charge in [0.1, 0.15) is 11.8 Å². The van der Waals surface area contributed by atoms with Crippen molar-refractivity contribution in [2.45, 2.75) is 12.1 Å². The van der Waals surface area contributed by atoms with Crippen LogP contribution in [0.2, 0.25) is 0 Å². The van der Waals surface area contributed by atoms with Crippen LogP contribution < -0.4 is 10.1 Å². The number of hydroxylamine groups is 2. The van der Waals surface area contributed by atoms with E-state index in [1.807, 2.05) is 0 Å². The molecule has 162 valence electrons. The topological polar surface area (TPSA) is 163 Å². The first-order valence-electron chi connectivity index (χ1n) is 8.81. The Balaban J connectivity index is 1.65. The number of nitrogens with one attached hydrogen (secondary N) is 1. The van der Waals surface area contributed by atoms with E-state index in [4.69, 9.17) is 9.29 Å². The number of carboxylic acids is 1. The number of ether oxygens (including phenoxy) is 1. The monoisotopic (exact) mass is 449 g/mol. The van der Waals surface area contributed by atoms with Crippen molar-refractivity contribution in [1.82, 2.24) is 9.96 Å². The molecule has 3 N–H and O–H groups in total. The maximum Gasteiger partial charge on any atom is 0.418 e. The van der Waals surface area contributed by atoms with E-state index in [0.29, 0.717) is 10.8 Å². The van der Waals surface area contributed by atoms with Crippen LogP contribution in [0.15, 0.2) is 48.5 Å². The highest BCUT2D eigenvalue weighted by Gasteiger charge is 2.52. The summed E-state index contributed by atoms with van der Waals surface area (Å²) >= 11 is 0. The quantitative estimate of drug-likeness (QED) is 0.579. The average molecular weight is 449 g/mol. The van der Waals surface area contributed by atoms with Gasteiger partial charge in [0, 0.05) is 5.69 Å². The van der Waals surface area contributed by atoms with Crippen LogP contribution in [0.25, 0.3) is 0 Å². The smallest absolute Gasteiger partial charge is 0.418 e. The summed E-state index contributed by atoms with van der Waals surface area (Å²) in [5, 5.41) is 12.5. The zero-order valence-corrected chi connectivity index (χ0v) is 16.4. The Morgan fingerprint density at radius 3 is 2.45 bits per heavy atom. The van der Waals surface area contributed by atoms with E-state index >= 15 is 0 Å². The molecule has 2 aliphatic rings. The molecule has 0 radical (unpaired) electrons. The number of carbonyl (C=O) groups excluding carboxylic acids is 2. The summed E-state index contributed by atoms with van der Waals surface area (Å²) in [7, 11) is -5.05. The first kappa shape index (κ1) is 20.6. The molecular weight excluding hydrogens is 434 g/mol. The van der Waals surface area contributed by atoms with Crippen molar-refractivity contribution in [1.29, 1.82) is 0 Å². The van der Waals surface area contributed by atoms with Crippen LogP contribution in [-0.4, -0.2) is 52.7 Å². The van der Waals surface area contributed by atoms with Crippen LogP contribution in [0.5, 0.6) is 5.75 Å². The lowest BCUT2D eigenvalue weighted by molar-refractivity contribution is -0.142. The van der Waals surface area contributed by atoms with E-state index in [2.05, 4.69) is 9.60 Å². The number of amides is 3. The number of hydrogen-bond acceptors (Lipinski definition) is 7. The van der Waals surface area contributed by atoms with Crippen molar-refractivity contribution in [2.24, 2.45) is 0 Å². The highest BCUT2D eigenvalue weighted by Crippen LogP contribution is 2.45. The van der Waals surface area contributed by atoms with E-state index in [0.717, 1.165) is 4.90 Å². The lowest BCUT2D eigenvalue weighted by Crippen LogP contribution is -2.38. The molecule has 1 fully saturated rings. The number of carboxylic acid groups (broad SMARTS) is 1. The molecule has 2 bridgehead atoms. The van der Waals surface area contributed by atoms with Crippen LogP contribution in [-0.2, 0) is 19.5 Å². The van der Waals surface area contributed by atoms with Gasteiger partial charge in [-0.25, -0.2) is 14.4 Å². The van der Waals surface area contributed by atoms with Gasteiger partial charge in [0.05, 0.1) is 6.54 Å². The molecule has 13 heteroatoms. The number of nitrogens with zero attached hydrogens (tertiary/aromatic N) is 2. The van der Waals surface area contributed by atoms with Crippen molar-refractivity contribution in [3.63, 3.8) is 0 Å². The molecule has 2 aromatic rings. The molecule has 0 spiro atoms. The third-order valence-corrected chi connectivity index (χ3v) is 5.10. The van der Waals surface area contributed by atoms with Gasteiger partial charge >= 0.3 is 28.5 Å². The molecule has 0 aromatic heterocycles. The third-order valence-electron chi connectivity index (χ3n) is 4.75. The van der Waals surface area contributed by atoms with Gasteiger partial charge in [-0.15, -0.1) is 4.28 Å². The molecule has 3 amide bonds. The predicted octanol–water partition coefficient (Wildman–Crippen LogP) is 1.95. The van der Waals surface area contributed by atoms with Gasteiger partial charge in [-0.2, -0.15) is 13.5 Å². The molecular formula is C18H15N3O9S. The number of fused-ring (bicyclic) bond motifs is 4. The summed E-state index contributed by atoms with van der Waals surface area (Å²) in [5.74, 6) is -1.33. The summed E-state index contributed by atoms with van der Waals surface area (Å²) in [4.78, 5) is 37.4. The zero-order valence-electron chi connectivity index (χ0n) is 15.5. The normalized spacial score (nSPS) is 19.7. The molecule has 12 nitrogen and oxygen atoms in total. The van der Waals surface area contributed by atoms with Crippen LogP contribution in [0, 0.1) is 0 Å². The van der Waals surface area contributed by atoms with Crippen molar-refractivity contribution >= 4 is 34.2 Å².